The zero-order valence-electron chi connectivity index (χ0n) is 17.4. The first-order chi connectivity index (χ1) is 16.0. The van der Waals surface area contributed by atoms with E-state index in [1.54, 1.807) is 18.2 Å². The predicted octanol–water partition coefficient (Wildman–Crippen LogP) is 7.33. The monoisotopic (exact) mass is 608 g/mol. The third-order valence-corrected chi connectivity index (χ3v) is 6.37. The average Bonchev–Trinajstić information content (AvgIpc) is 2.82. The molecule has 0 aliphatic carbocycles. The molecule has 0 aliphatic heterocycles. The zero-order chi connectivity index (χ0) is 23.2. The summed E-state index contributed by atoms with van der Waals surface area (Å²) in [4.78, 5) is 12.5. The number of carbonyl (C=O) groups is 1. The largest absolute Gasteiger partial charge is 0.487 e. The number of fused-ring (bicyclic) bond motifs is 1. The van der Waals surface area contributed by atoms with Gasteiger partial charge in [0.1, 0.15) is 24.0 Å². The first-order valence-electron chi connectivity index (χ1n) is 10.1. The van der Waals surface area contributed by atoms with E-state index in [1.165, 1.54) is 5.39 Å². The van der Waals surface area contributed by atoms with E-state index < -0.39 is 5.91 Å². The SMILES string of the molecule is N#C/C(=C/c1cc(Br)c(OCc2cccc3ccccc23)c(I)c1)C(=O)Nc1ccccc1. The number of ether oxygens (including phenoxy) is 1. The fraction of sp³-hybridized carbons (Fsp3) is 0.0370. The van der Waals surface area contributed by atoms with Gasteiger partial charge in [-0.15, -0.1) is 0 Å². The van der Waals surface area contributed by atoms with Gasteiger partial charge in [0.2, 0.25) is 0 Å². The number of anilines is 1. The van der Waals surface area contributed by atoms with Gasteiger partial charge < -0.3 is 10.1 Å². The van der Waals surface area contributed by atoms with Gasteiger partial charge >= 0.3 is 0 Å². The lowest BCUT2D eigenvalue weighted by atomic mass is 10.1. The fourth-order valence-electron chi connectivity index (χ4n) is 3.40. The summed E-state index contributed by atoms with van der Waals surface area (Å²) in [5.41, 5.74) is 2.48. The Morgan fingerprint density at radius 3 is 2.52 bits per heavy atom. The lowest BCUT2D eigenvalue weighted by Crippen LogP contribution is -2.13. The van der Waals surface area contributed by atoms with Crippen LogP contribution in [0, 0.1) is 14.9 Å². The molecule has 0 radical (unpaired) electrons. The number of para-hydroxylation sites is 1. The number of amides is 1. The van der Waals surface area contributed by atoms with Crippen molar-refractivity contribution in [1.29, 1.82) is 5.26 Å². The minimum absolute atomic E-state index is 0.0194. The summed E-state index contributed by atoms with van der Waals surface area (Å²) < 4.78 is 7.78. The standard InChI is InChI=1S/C27H18BrIN2O2/c28-24-14-18(13-21(16-30)27(32)31-22-10-2-1-3-11-22)15-25(29)26(24)33-17-20-9-6-8-19-7-4-5-12-23(19)20/h1-15H,17H2,(H,31,32)/b21-13-. The quantitative estimate of drug-likeness (QED) is 0.142. The van der Waals surface area contributed by atoms with Crippen molar-refractivity contribution in [2.45, 2.75) is 6.61 Å². The van der Waals surface area contributed by atoms with Crippen LogP contribution in [-0.2, 0) is 11.4 Å². The molecule has 0 aromatic heterocycles. The molecule has 0 bridgehead atoms. The number of nitrogens with zero attached hydrogens (tertiary/aromatic N) is 1. The van der Waals surface area contributed by atoms with Crippen LogP contribution in [0.2, 0.25) is 0 Å². The minimum atomic E-state index is -0.453. The van der Waals surface area contributed by atoms with Crippen molar-refractivity contribution in [3.63, 3.8) is 0 Å². The maximum Gasteiger partial charge on any atom is 0.266 e. The Morgan fingerprint density at radius 1 is 1.03 bits per heavy atom. The number of nitriles is 1. The molecule has 6 heteroatoms. The Labute approximate surface area is 214 Å². The third-order valence-electron chi connectivity index (χ3n) is 4.98. The number of hydrogen-bond donors (Lipinski definition) is 1. The number of rotatable bonds is 6. The Balaban J connectivity index is 1.54. The summed E-state index contributed by atoms with van der Waals surface area (Å²) >= 11 is 5.78. The third kappa shape index (κ3) is 5.62. The van der Waals surface area contributed by atoms with Gasteiger partial charge in [-0.2, -0.15) is 5.26 Å². The molecule has 0 aliphatic rings. The molecule has 0 atom stereocenters. The van der Waals surface area contributed by atoms with Gasteiger partial charge in [-0.1, -0.05) is 60.7 Å². The van der Waals surface area contributed by atoms with Crippen LogP contribution in [0.15, 0.2) is 95.0 Å². The van der Waals surface area contributed by atoms with Crippen LogP contribution in [-0.4, -0.2) is 5.91 Å². The van der Waals surface area contributed by atoms with Crippen LogP contribution in [0.25, 0.3) is 16.8 Å². The second-order valence-electron chi connectivity index (χ2n) is 7.23. The summed E-state index contributed by atoms with van der Waals surface area (Å²) in [6.07, 6.45) is 1.57. The second-order valence-corrected chi connectivity index (χ2v) is 9.25. The lowest BCUT2D eigenvalue weighted by molar-refractivity contribution is -0.112. The van der Waals surface area contributed by atoms with Gasteiger partial charge in [-0.05, 0) is 90.8 Å². The molecule has 0 heterocycles. The van der Waals surface area contributed by atoms with Gasteiger partial charge in [0.25, 0.3) is 5.91 Å². The van der Waals surface area contributed by atoms with Crippen LogP contribution >= 0.6 is 38.5 Å². The van der Waals surface area contributed by atoms with E-state index in [2.05, 4.69) is 68.1 Å². The summed E-state index contributed by atoms with van der Waals surface area (Å²) in [5, 5.41) is 14.6. The van der Waals surface area contributed by atoms with Crippen LogP contribution in [0.3, 0.4) is 0 Å². The summed E-state index contributed by atoms with van der Waals surface area (Å²) in [5.74, 6) is 0.263. The average molecular weight is 609 g/mol. The molecular weight excluding hydrogens is 591 g/mol. The molecule has 0 fully saturated rings. The number of benzene rings is 4. The summed E-state index contributed by atoms with van der Waals surface area (Å²) in [6.45, 7) is 0.425. The molecule has 4 nitrogen and oxygen atoms in total. The summed E-state index contributed by atoms with van der Waals surface area (Å²) in [7, 11) is 0. The molecule has 33 heavy (non-hydrogen) atoms. The molecule has 4 aromatic carbocycles. The van der Waals surface area contributed by atoms with Crippen LogP contribution < -0.4 is 10.1 Å². The van der Waals surface area contributed by atoms with E-state index in [-0.39, 0.29) is 5.57 Å². The van der Waals surface area contributed by atoms with Gasteiger partial charge in [-0.25, -0.2) is 0 Å². The Bertz CT molecular complexity index is 1370. The van der Waals surface area contributed by atoms with Gasteiger partial charge in [0.15, 0.2) is 0 Å². The Hall–Kier alpha value is -3.15. The van der Waals surface area contributed by atoms with E-state index in [0.29, 0.717) is 18.0 Å². The normalized spacial score (nSPS) is 11.1. The smallest absolute Gasteiger partial charge is 0.266 e. The van der Waals surface area contributed by atoms with Crippen molar-refractivity contribution in [3.8, 4) is 11.8 Å². The van der Waals surface area contributed by atoms with Crippen molar-refractivity contribution in [1.82, 2.24) is 0 Å². The minimum Gasteiger partial charge on any atom is -0.487 e. The topological polar surface area (TPSA) is 62.1 Å². The first kappa shape index (κ1) is 23.0. The van der Waals surface area contributed by atoms with Crippen LogP contribution in [0.1, 0.15) is 11.1 Å². The molecule has 0 saturated carbocycles. The molecule has 1 N–H and O–H groups in total. The van der Waals surface area contributed by atoms with E-state index in [4.69, 9.17) is 4.74 Å². The number of carbonyl (C=O) groups excluding carboxylic acids is 1. The molecule has 1 amide bonds. The number of halogens is 2. The maximum atomic E-state index is 12.5. The molecule has 0 saturated heterocycles. The van der Waals surface area contributed by atoms with Crippen molar-refractivity contribution in [2.75, 3.05) is 5.32 Å². The number of hydrogen-bond acceptors (Lipinski definition) is 3. The lowest BCUT2D eigenvalue weighted by Gasteiger charge is -2.13. The van der Waals surface area contributed by atoms with E-state index in [9.17, 15) is 10.1 Å². The Morgan fingerprint density at radius 2 is 1.76 bits per heavy atom. The molecule has 0 unspecified atom stereocenters. The predicted molar refractivity (Wildman–Crippen MR) is 144 cm³/mol. The molecule has 4 rings (SSSR count). The fourth-order valence-corrected chi connectivity index (χ4v) is 5.17. The molecular formula is C27H18BrIN2O2. The van der Waals surface area contributed by atoms with Gasteiger partial charge in [0.05, 0.1) is 8.04 Å². The highest BCUT2D eigenvalue weighted by Gasteiger charge is 2.13. The van der Waals surface area contributed by atoms with Crippen molar-refractivity contribution in [2.24, 2.45) is 0 Å². The van der Waals surface area contributed by atoms with Crippen molar-refractivity contribution >= 4 is 67.0 Å². The van der Waals surface area contributed by atoms with Crippen LogP contribution in [0.5, 0.6) is 5.75 Å². The van der Waals surface area contributed by atoms with E-state index >= 15 is 0 Å². The van der Waals surface area contributed by atoms with E-state index in [1.807, 2.05) is 54.6 Å². The molecule has 0 spiro atoms. The van der Waals surface area contributed by atoms with Gasteiger partial charge in [-0.3, -0.25) is 4.79 Å². The van der Waals surface area contributed by atoms with Crippen LogP contribution in [0.4, 0.5) is 5.69 Å². The van der Waals surface area contributed by atoms with Crippen molar-refractivity contribution in [3.05, 3.63) is 110 Å². The highest BCUT2D eigenvalue weighted by molar-refractivity contribution is 14.1. The summed E-state index contributed by atoms with van der Waals surface area (Å²) in [6, 6.07) is 29.1. The maximum absolute atomic E-state index is 12.5. The van der Waals surface area contributed by atoms with E-state index in [0.717, 1.165) is 24.6 Å². The zero-order valence-corrected chi connectivity index (χ0v) is 21.1. The molecule has 162 valence electrons. The highest BCUT2D eigenvalue weighted by atomic mass is 127. The molecule has 4 aromatic rings. The second kappa shape index (κ2) is 10.6. The van der Waals surface area contributed by atoms with Gasteiger partial charge in [0, 0.05) is 5.69 Å². The highest BCUT2D eigenvalue weighted by Crippen LogP contribution is 2.34. The van der Waals surface area contributed by atoms with Crippen molar-refractivity contribution < 1.29 is 9.53 Å². The first-order valence-corrected chi connectivity index (χ1v) is 12.0. The Kier molecular flexibility index (Phi) is 7.43. The number of nitrogens with one attached hydrogen (secondary N) is 1.